The first-order chi connectivity index (χ1) is 7.00. The number of hydrogen-bond acceptors (Lipinski definition) is 2. The van der Waals surface area contributed by atoms with E-state index in [2.05, 4.69) is 5.32 Å². The summed E-state index contributed by atoms with van der Waals surface area (Å²) in [7, 11) is 0. The maximum absolute atomic E-state index is 11.4. The molecule has 0 aliphatic rings. The average Bonchev–Trinajstić information content (AvgIpc) is 2.10. The molecule has 0 bridgehead atoms. The van der Waals surface area contributed by atoms with E-state index in [1.165, 1.54) is 0 Å². The van der Waals surface area contributed by atoms with Crippen LogP contribution in [0.1, 0.15) is 13.3 Å². The molecule has 15 heavy (non-hydrogen) atoms. The average molecular weight is 247 g/mol. The third kappa shape index (κ3) is 3.70. The van der Waals surface area contributed by atoms with E-state index in [1.807, 2.05) is 0 Å². The number of amides is 1. The van der Waals surface area contributed by atoms with Crippen molar-refractivity contribution in [1.29, 1.82) is 0 Å². The summed E-state index contributed by atoms with van der Waals surface area (Å²) in [6, 6.07) is 4.85. The molecule has 0 saturated heterocycles. The Labute approximate surface area is 98.5 Å². The van der Waals surface area contributed by atoms with Crippen molar-refractivity contribution in [2.45, 2.75) is 19.4 Å². The number of nitrogens with two attached hydrogens (primary N) is 1. The van der Waals surface area contributed by atoms with Gasteiger partial charge in [-0.2, -0.15) is 0 Å². The Bertz CT molecular complexity index is 346. The lowest BCUT2D eigenvalue weighted by atomic mass is 10.2. The number of rotatable bonds is 3. The SMILES string of the molecule is CC(N)CC(=O)Nc1c(Cl)cccc1Cl. The molecule has 82 valence electrons. The van der Waals surface area contributed by atoms with Gasteiger partial charge in [-0.25, -0.2) is 0 Å². The number of carbonyl (C=O) groups excluding carboxylic acids is 1. The Morgan fingerprint density at radius 3 is 2.47 bits per heavy atom. The molecule has 1 atom stereocenters. The van der Waals surface area contributed by atoms with Crippen molar-refractivity contribution in [3.05, 3.63) is 28.2 Å². The molecule has 1 aromatic rings. The number of halogens is 2. The lowest BCUT2D eigenvalue weighted by Gasteiger charge is -2.10. The molecule has 0 heterocycles. The zero-order valence-corrected chi connectivity index (χ0v) is 9.77. The fourth-order valence-corrected chi connectivity index (χ4v) is 1.59. The van der Waals surface area contributed by atoms with Crippen molar-refractivity contribution in [3.63, 3.8) is 0 Å². The molecule has 1 aromatic carbocycles. The number of benzene rings is 1. The van der Waals surface area contributed by atoms with Crippen LogP contribution in [0.15, 0.2) is 18.2 Å². The van der Waals surface area contributed by atoms with Crippen LogP contribution < -0.4 is 11.1 Å². The van der Waals surface area contributed by atoms with Crippen LogP contribution in [0.5, 0.6) is 0 Å². The van der Waals surface area contributed by atoms with E-state index in [1.54, 1.807) is 25.1 Å². The van der Waals surface area contributed by atoms with E-state index >= 15 is 0 Å². The minimum absolute atomic E-state index is 0.189. The second-order valence-corrected chi connectivity index (χ2v) is 4.14. The van der Waals surface area contributed by atoms with Gasteiger partial charge in [0, 0.05) is 12.5 Å². The topological polar surface area (TPSA) is 55.1 Å². The Morgan fingerprint density at radius 1 is 1.47 bits per heavy atom. The van der Waals surface area contributed by atoms with Crippen molar-refractivity contribution in [3.8, 4) is 0 Å². The molecule has 0 aromatic heterocycles. The molecule has 3 N–H and O–H groups in total. The van der Waals surface area contributed by atoms with E-state index < -0.39 is 0 Å². The first kappa shape index (κ1) is 12.3. The van der Waals surface area contributed by atoms with E-state index in [0.717, 1.165) is 0 Å². The number of carbonyl (C=O) groups is 1. The summed E-state index contributed by atoms with van der Waals surface area (Å²) in [6.45, 7) is 1.76. The van der Waals surface area contributed by atoms with Gasteiger partial charge in [-0.1, -0.05) is 29.3 Å². The monoisotopic (exact) mass is 246 g/mol. The number of anilines is 1. The molecule has 0 saturated carbocycles. The first-order valence-corrected chi connectivity index (χ1v) is 5.25. The van der Waals surface area contributed by atoms with Gasteiger partial charge in [0.05, 0.1) is 15.7 Å². The molecule has 5 heteroatoms. The number of hydrogen-bond donors (Lipinski definition) is 2. The highest BCUT2D eigenvalue weighted by Crippen LogP contribution is 2.29. The predicted octanol–water partition coefficient (Wildman–Crippen LogP) is 2.67. The van der Waals surface area contributed by atoms with E-state index in [9.17, 15) is 4.79 Å². The summed E-state index contributed by atoms with van der Waals surface area (Å²) in [4.78, 5) is 11.4. The summed E-state index contributed by atoms with van der Waals surface area (Å²) in [5, 5.41) is 3.46. The van der Waals surface area contributed by atoms with Crippen LogP contribution in [0, 0.1) is 0 Å². The van der Waals surface area contributed by atoms with Crippen molar-refractivity contribution in [1.82, 2.24) is 0 Å². The summed E-state index contributed by atoms with van der Waals surface area (Å²) < 4.78 is 0. The predicted molar refractivity (Wildman–Crippen MR) is 63.4 cm³/mol. The molecule has 0 radical (unpaired) electrons. The van der Waals surface area contributed by atoms with E-state index in [4.69, 9.17) is 28.9 Å². The van der Waals surface area contributed by atoms with Gasteiger partial charge < -0.3 is 11.1 Å². The molecular formula is C10H12Cl2N2O. The van der Waals surface area contributed by atoms with Crippen molar-refractivity contribution in [2.75, 3.05) is 5.32 Å². The molecule has 0 aliphatic carbocycles. The molecular weight excluding hydrogens is 235 g/mol. The molecule has 0 spiro atoms. The summed E-state index contributed by atoms with van der Waals surface area (Å²) >= 11 is 11.8. The van der Waals surface area contributed by atoms with Crippen LogP contribution in [-0.2, 0) is 4.79 Å². The van der Waals surface area contributed by atoms with Gasteiger partial charge in [-0.3, -0.25) is 4.79 Å². The lowest BCUT2D eigenvalue weighted by Crippen LogP contribution is -2.24. The van der Waals surface area contributed by atoms with E-state index in [0.29, 0.717) is 15.7 Å². The lowest BCUT2D eigenvalue weighted by molar-refractivity contribution is -0.116. The minimum Gasteiger partial charge on any atom is -0.327 e. The van der Waals surface area contributed by atoms with Crippen LogP contribution >= 0.6 is 23.2 Å². The maximum Gasteiger partial charge on any atom is 0.225 e. The molecule has 0 fully saturated rings. The normalized spacial score (nSPS) is 12.3. The van der Waals surface area contributed by atoms with Crippen molar-refractivity contribution in [2.24, 2.45) is 5.73 Å². The fourth-order valence-electron chi connectivity index (χ4n) is 1.10. The van der Waals surface area contributed by atoms with Gasteiger partial charge in [-0.15, -0.1) is 0 Å². The Balaban J connectivity index is 2.76. The first-order valence-electron chi connectivity index (χ1n) is 4.50. The van der Waals surface area contributed by atoms with Crippen LogP contribution in [0.3, 0.4) is 0 Å². The second-order valence-electron chi connectivity index (χ2n) is 3.33. The second kappa shape index (κ2) is 5.35. The Morgan fingerprint density at radius 2 is 2.00 bits per heavy atom. The zero-order valence-electron chi connectivity index (χ0n) is 8.26. The third-order valence-electron chi connectivity index (χ3n) is 1.73. The summed E-state index contributed by atoms with van der Waals surface area (Å²) in [6.07, 6.45) is 0.238. The van der Waals surface area contributed by atoms with Crippen LogP contribution in [0.2, 0.25) is 10.0 Å². The third-order valence-corrected chi connectivity index (χ3v) is 2.36. The largest absolute Gasteiger partial charge is 0.327 e. The highest BCUT2D eigenvalue weighted by molar-refractivity contribution is 6.39. The Kier molecular flexibility index (Phi) is 4.39. The fraction of sp³-hybridized carbons (Fsp3) is 0.300. The molecule has 0 aliphatic heterocycles. The quantitative estimate of drug-likeness (QED) is 0.862. The van der Waals surface area contributed by atoms with Crippen molar-refractivity contribution >= 4 is 34.8 Å². The molecule has 3 nitrogen and oxygen atoms in total. The number of nitrogens with one attached hydrogen (secondary N) is 1. The highest BCUT2D eigenvalue weighted by atomic mass is 35.5. The molecule has 1 unspecified atom stereocenters. The zero-order chi connectivity index (χ0) is 11.4. The Hall–Kier alpha value is -0.770. The van der Waals surface area contributed by atoms with Crippen LogP contribution in [-0.4, -0.2) is 11.9 Å². The molecule has 1 rings (SSSR count). The van der Waals surface area contributed by atoms with E-state index in [-0.39, 0.29) is 18.4 Å². The van der Waals surface area contributed by atoms with Gasteiger partial charge in [0.2, 0.25) is 5.91 Å². The minimum atomic E-state index is -0.194. The summed E-state index contributed by atoms with van der Waals surface area (Å²) in [5.74, 6) is -0.194. The van der Waals surface area contributed by atoms with Gasteiger partial charge in [0.1, 0.15) is 0 Å². The van der Waals surface area contributed by atoms with Crippen LogP contribution in [0.25, 0.3) is 0 Å². The molecule has 1 amide bonds. The van der Waals surface area contributed by atoms with Gasteiger partial charge >= 0.3 is 0 Å². The highest BCUT2D eigenvalue weighted by Gasteiger charge is 2.10. The van der Waals surface area contributed by atoms with Gasteiger partial charge in [0.15, 0.2) is 0 Å². The van der Waals surface area contributed by atoms with Crippen LogP contribution in [0.4, 0.5) is 5.69 Å². The van der Waals surface area contributed by atoms with Gasteiger partial charge in [-0.05, 0) is 19.1 Å². The standard InChI is InChI=1S/C10H12Cl2N2O/c1-6(13)5-9(15)14-10-7(11)3-2-4-8(10)12/h2-4,6H,5,13H2,1H3,(H,14,15). The summed E-state index contributed by atoms with van der Waals surface area (Å²) in [5.41, 5.74) is 5.93. The van der Waals surface area contributed by atoms with Crippen molar-refractivity contribution < 1.29 is 4.79 Å². The maximum atomic E-state index is 11.4. The smallest absolute Gasteiger partial charge is 0.225 e. The number of para-hydroxylation sites is 1. The van der Waals surface area contributed by atoms with Gasteiger partial charge in [0.25, 0.3) is 0 Å².